The topological polar surface area (TPSA) is 26.3 Å². The molecule has 1 atom stereocenters. The van der Waals surface area contributed by atoms with E-state index in [-0.39, 0.29) is 12.1 Å². The first-order valence-electron chi connectivity index (χ1n) is 7.79. The highest BCUT2D eigenvalue weighted by atomic mass is 16.6. The number of allylic oxidation sites excluding steroid dienone is 1. The van der Waals surface area contributed by atoms with E-state index in [1.54, 1.807) is 0 Å². The van der Waals surface area contributed by atoms with Crippen LogP contribution in [0.3, 0.4) is 0 Å². The van der Waals surface area contributed by atoms with Crippen molar-refractivity contribution < 1.29 is 9.53 Å². The molecule has 0 aromatic rings. The van der Waals surface area contributed by atoms with Gasteiger partial charge in [-0.25, -0.2) is 4.79 Å². The molecule has 0 spiro atoms. The Morgan fingerprint density at radius 3 is 2.00 bits per heavy atom. The highest BCUT2D eigenvalue weighted by Gasteiger charge is 2.34. The average molecular weight is 250 g/mol. The standard InChI is InChI=1S/C16H26O2/c17-16-14-12-10-8-6-4-2-1-3-5-7-9-11-13-15(14)18-16/h12,15H,1-11,13H2/b14-12-. The summed E-state index contributed by atoms with van der Waals surface area (Å²) in [6.07, 6.45) is 17.7. The van der Waals surface area contributed by atoms with Crippen molar-refractivity contribution in [1.82, 2.24) is 0 Å². The van der Waals surface area contributed by atoms with Gasteiger partial charge in [0.15, 0.2) is 0 Å². The zero-order chi connectivity index (χ0) is 12.6. The fraction of sp³-hybridized carbons (Fsp3) is 0.812. The van der Waals surface area contributed by atoms with Crippen LogP contribution < -0.4 is 0 Å². The molecule has 0 aromatic carbocycles. The second-order valence-electron chi connectivity index (χ2n) is 5.67. The van der Waals surface area contributed by atoms with E-state index in [9.17, 15) is 4.79 Å². The molecule has 1 unspecified atom stereocenters. The average Bonchev–Trinajstić information content (AvgIpc) is 2.37. The maximum Gasteiger partial charge on any atom is 0.338 e. The third-order valence-electron chi connectivity index (χ3n) is 4.12. The van der Waals surface area contributed by atoms with Gasteiger partial charge in [0, 0.05) is 0 Å². The predicted octanol–water partition coefficient (Wildman–Crippen LogP) is 4.53. The zero-order valence-corrected chi connectivity index (χ0v) is 11.5. The summed E-state index contributed by atoms with van der Waals surface area (Å²) in [4.78, 5) is 11.4. The first kappa shape index (κ1) is 13.6. The monoisotopic (exact) mass is 250 g/mol. The number of rotatable bonds is 0. The molecule has 2 nitrogen and oxygen atoms in total. The Balaban J connectivity index is 1.79. The molecule has 2 heteroatoms. The van der Waals surface area contributed by atoms with Crippen LogP contribution in [0.1, 0.15) is 77.0 Å². The minimum Gasteiger partial charge on any atom is -0.454 e. The quantitative estimate of drug-likeness (QED) is 0.590. The summed E-state index contributed by atoms with van der Waals surface area (Å²) in [6, 6.07) is 0. The van der Waals surface area contributed by atoms with Crippen LogP contribution in [0.15, 0.2) is 11.6 Å². The van der Waals surface area contributed by atoms with Crippen LogP contribution in [0, 0.1) is 0 Å². The van der Waals surface area contributed by atoms with E-state index >= 15 is 0 Å². The van der Waals surface area contributed by atoms with Gasteiger partial charge in [-0.3, -0.25) is 0 Å². The molecule has 0 bridgehead atoms. The van der Waals surface area contributed by atoms with E-state index in [0.29, 0.717) is 0 Å². The highest BCUT2D eigenvalue weighted by Crippen LogP contribution is 2.27. The molecule has 1 saturated heterocycles. The van der Waals surface area contributed by atoms with E-state index < -0.39 is 0 Å². The Morgan fingerprint density at radius 1 is 0.833 bits per heavy atom. The molecule has 2 aliphatic rings. The molecule has 1 aliphatic carbocycles. The van der Waals surface area contributed by atoms with Crippen LogP contribution in [0.2, 0.25) is 0 Å². The van der Waals surface area contributed by atoms with E-state index in [0.717, 1.165) is 18.4 Å². The minimum atomic E-state index is -0.0654. The lowest BCUT2D eigenvalue weighted by molar-refractivity contribution is -0.156. The molecular weight excluding hydrogens is 224 g/mol. The van der Waals surface area contributed by atoms with Crippen LogP contribution in [0.25, 0.3) is 0 Å². The molecule has 0 N–H and O–H groups in total. The lowest BCUT2D eigenvalue weighted by Gasteiger charge is -2.29. The third kappa shape index (κ3) is 4.15. The van der Waals surface area contributed by atoms with Crippen molar-refractivity contribution in [1.29, 1.82) is 0 Å². The molecule has 0 radical (unpaired) electrons. The lowest BCUT2D eigenvalue weighted by atomic mass is 9.96. The predicted molar refractivity (Wildman–Crippen MR) is 73.4 cm³/mol. The Kier molecular flexibility index (Phi) is 5.76. The second kappa shape index (κ2) is 7.60. The van der Waals surface area contributed by atoms with Crippen molar-refractivity contribution in [3.05, 3.63) is 11.6 Å². The van der Waals surface area contributed by atoms with Crippen molar-refractivity contribution in [2.75, 3.05) is 0 Å². The molecular formula is C16H26O2. The number of fused-ring (bicyclic) bond motifs is 1. The summed E-state index contributed by atoms with van der Waals surface area (Å²) >= 11 is 0. The van der Waals surface area contributed by atoms with Crippen LogP contribution in [-0.4, -0.2) is 12.1 Å². The largest absolute Gasteiger partial charge is 0.454 e. The maximum absolute atomic E-state index is 11.4. The van der Waals surface area contributed by atoms with Gasteiger partial charge in [0.25, 0.3) is 0 Å². The highest BCUT2D eigenvalue weighted by molar-refractivity contribution is 5.95. The van der Waals surface area contributed by atoms with Crippen LogP contribution in [-0.2, 0) is 9.53 Å². The fourth-order valence-corrected chi connectivity index (χ4v) is 2.91. The van der Waals surface area contributed by atoms with E-state index in [1.807, 2.05) is 0 Å². The van der Waals surface area contributed by atoms with Gasteiger partial charge < -0.3 is 4.74 Å². The second-order valence-corrected chi connectivity index (χ2v) is 5.67. The van der Waals surface area contributed by atoms with Gasteiger partial charge in [0.2, 0.25) is 0 Å². The first-order chi connectivity index (χ1) is 8.88. The van der Waals surface area contributed by atoms with Gasteiger partial charge >= 0.3 is 5.97 Å². The van der Waals surface area contributed by atoms with Gasteiger partial charge in [-0.15, -0.1) is 0 Å². The Labute approximate surface area is 111 Å². The Hall–Kier alpha value is -0.790. The lowest BCUT2D eigenvalue weighted by Crippen LogP contribution is -2.36. The van der Waals surface area contributed by atoms with E-state index in [4.69, 9.17) is 4.74 Å². The molecule has 2 rings (SSSR count). The van der Waals surface area contributed by atoms with Gasteiger partial charge in [-0.1, -0.05) is 57.4 Å². The van der Waals surface area contributed by atoms with Crippen molar-refractivity contribution in [3.63, 3.8) is 0 Å². The van der Waals surface area contributed by atoms with Crippen LogP contribution in [0.5, 0.6) is 0 Å². The van der Waals surface area contributed by atoms with Crippen molar-refractivity contribution >= 4 is 5.97 Å². The number of ether oxygens (including phenoxy) is 1. The van der Waals surface area contributed by atoms with Gasteiger partial charge in [0.05, 0.1) is 5.57 Å². The molecule has 0 amide bonds. The van der Waals surface area contributed by atoms with Crippen LogP contribution >= 0.6 is 0 Å². The normalized spacial score (nSPS) is 30.8. The molecule has 1 aliphatic heterocycles. The molecule has 18 heavy (non-hydrogen) atoms. The van der Waals surface area contributed by atoms with E-state index in [1.165, 1.54) is 64.2 Å². The van der Waals surface area contributed by atoms with Crippen molar-refractivity contribution in [3.8, 4) is 0 Å². The Bertz CT molecular complexity index is 293. The fourth-order valence-electron chi connectivity index (χ4n) is 2.91. The van der Waals surface area contributed by atoms with Gasteiger partial charge in [-0.2, -0.15) is 0 Å². The number of carbonyl (C=O) groups is 1. The summed E-state index contributed by atoms with van der Waals surface area (Å²) in [5, 5.41) is 0. The zero-order valence-electron chi connectivity index (χ0n) is 11.5. The van der Waals surface area contributed by atoms with Gasteiger partial charge in [0.1, 0.15) is 6.10 Å². The van der Waals surface area contributed by atoms with E-state index in [2.05, 4.69) is 6.08 Å². The number of hydrogen-bond donors (Lipinski definition) is 0. The van der Waals surface area contributed by atoms with Crippen molar-refractivity contribution in [2.24, 2.45) is 0 Å². The molecule has 0 aromatic heterocycles. The smallest absolute Gasteiger partial charge is 0.338 e. The Morgan fingerprint density at radius 2 is 1.39 bits per heavy atom. The summed E-state index contributed by atoms with van der Waals surface area (Å²) in [5.74, 6) is -0.0654. The first-order valence-corrected chi connectivity index (χ1v) is 7.79. The summed E-state index contributed by atoms with van der Waals surface area (Å²) < 4.78 is 5.22. The molecule has 1 fully saturated rings. The molecule has 1 heterocycles. The third-order valence-corrected chi connectivity index (χ3v) is 4.12. The number of hydrogen-bond acceptors (Lipinski definition) is 2. The minimum absolute atomic E-state index is 0.0654. The number of carbonyl (C=O) groups excluding carboxylic acids is 1. The molecule has 102 valence electrons. The van der Waals surface area contributed by atoms with Crippen molar-refractivity contribution in [2.45, 2.75) is 83.2 Å². The maximum atomic E-state index is 11.4. The van der Waals surface area contributed by atoms with Crippen LogP contribution in [0.4, 0.5) is 0 Å². The van der Waals surface area contributed by atoms with Gasteiger partial charge in [-0.05, 0) is 25.7 Å². The number of esters is 1. The molecule has 0 saturated carbocycles. The SMILES string of the molecule is O=C1OC2CCCCCCCCCCCC/C=C\12. The summed E-state index contributed by atoms with van der Waals surface area (Å²) in [6.45, 7) is 0. The summed E-state index contributed by atoms with van der Waals surface area (Å²) in [7, 11) is 0. The summed E-state index contributed by atoms with van der Waals surface area (Å²) in [5.41, 5.74) is 0.963.